The molecule has 22 heavy (non-hydrogen) atoms. The van der Waals surface area contributed by atoms with E-state index in [1.54, 1.807) is 31.3 Å². The Balaban J connectivity index is 2.50. The van der Waals surface area contributed by atoms with Crippen LogP contribution in [0.1, 0.15) is 31.7 Å². The van der Waals surface area contributed by atoms with E-state index in [4.69, 9.17) is 0 Å². The van der Waals surface area contributed by atoms with Crippen LogP contribution in [0.5, 0.6) is 0 Å². The quantitative estimate of drug-likeness (QED) is 0.384. The number of unbranched alkanes of at least 4 members (excludes halogenated alkanes) is 2. The molecule has 0 amide bonds. The van der Waals surface area contributed by atoms with Crippen molar-refractivity contribution in [2.24, 2.45) is 4.99 Å². The van der Waals surface area contributed by atoms with Crippen molar-refractivity contribution >= 4 is 16.0 Å². The molecule has 0 aromatic heterocycles. The zero-order valence-corrected chi connectivity index (χ0v) is 14.3. The molecule has 0 saturated heterocycles. The molecule has 124 valence electrons. The molecule has 0 atom stereocenters. The number of aliphatic imine (C=N–C) groups is 1. The van der Waals surface area contributed by atoms with Crippen molar-refractivity contribution < 1.29 is 8.42 Å². The summed E-state index contributed by atoms with van der Waals surface area (Å²) in [5.74, 6) is 0.753. The van der Waals surface area contributed by atoms with Gasteiger partial charge in [-0.1, -0.05) is 31.9 Å². The first-order valence-corrected chi connectivity index (χ1v) is 8.98. The lowest BCUT2D eigenvalue weighted by molar-refractivity contribution is 0.588. The number of guanidine groups is 1. The Labute approximate surface area is 133 Å². The second-order valence-corrected chi connectivity index (χ2v) is 6.80. The predicted molar refractivity (Wildman–Crippen MR) is 90.4 cm³/mol. The molecule has 0 spiro atoms. The number of nitrogens with one attached hydrogen (secondary N) is 3. The van der Waals surface area contributed by atoms with Gasteiger partial charge in [-0.3, -0.25) is 4.99 Å². The first kappa shape index (κ1) is 18.4. The molecule has 3 N–H and O–H groups in total. The third-order valence-corrected chi connectivity index (χ3v) is 4.69. The highest BCUT2D eigenvalue weighted by Crippen LogP contribution is 2.09. The van der Waals surface area contributed by atoms with E-state index in [-0.39, 0.29) is 4.90 Å². The molecule has 1 rings (SSSR count). The van der Waals surface area contributed by atoms with Gasteiger partial charge in [-0.05, 0) is 31.2 Å². The molecule has 0 unspecified atom stereocenters. The Kier molecular flexibility index (Phi) is 7.90. The summed E-state index contributed by atoms with van der Waals surface area (Å²) < 4.78 is 25.6. The van der Waals surface area contributed by atoms with Crippen molar-refractivity contribution in [2.45, 2.75) is 37.6 Å². The van der Waals surface area contributed by atoms with E-state index < -0.39 is 10.0 Å². The van der Waals surface area contributed by atoms with Gasteiger partial charge in [0.2, 0.25) is 10.0 Å². The molecule has 1 aromatic rings. The molecule has 0 aliphatic carbocycles. The number of hydrogen-bond donors (Lipinski definition) is 3. The minimum absolute atomic E-state index is 0.265. The number of nitrogens with zero attached hydrogens (tertiary/aromatic N) is 1. The predicted octanol–water partition coefficient (Wildman–Crippen LogP) is 1.45. The normalized spacial score (nSPS) is 12.2. The van der Waals surface area contributed by atoms with Gasteiger partial charge < -0.3 is 10.6 Å². The number of hydrogen-bond acceptors (Lipinski definition) is 3. The van der Waals surface area contributed by atoms with Gasteiger partial charge in [-0.25, -0.2) is 13.1 Å². The maximum absolute atomic E-state index is 11.6. The van der Waals surface area contributed by atoms with Gasteiger partial charge in [0.1, 0.15) is 0 Å². The van der Waals surface area contributed by atoms with E-state index >= 15 is 0 Å². The van der Waals surface area contributed by atoms with Gasteiger partial charge in [-0.2, -0.15) is 0 Å². The Hall–Kier alpha value is -1.60. The maximum atomic E-state index is 11.6. The molecule has 7 heteroatoms. The molecule has 0 fully saturated rings. The second kappa shape index (κ2) is 9.42. The zero-order chi connectivity index (χ0) is 16.4. The fraction of sp³-hybridized carbons (Fsp3) is 0.533. The van der Waals surface area contributed by atoms with Crippen LogP contribution in [0.4, 0.5) is 0 Å². The summed E-state index contributed by atoms with van der Waals surface area (Å²) >= 11 is 0. The molecule has 0 saturated carbocycles. The highest BCUT2D eigenvalue weighted by molar-refractivity contribution is 7.89. The Morgan fingerprint density at radius 2 is 1.82 bits per heavy atom. The largest absolute Gasteiger partial charge is 0.356 e. The fourth-order valence-corrected chi connectivity index (χ4v) is 2.62. The molecule has 0 aliphatic rings. The molecule has 0 bridgehead atoms. The molecule has 0 aliphatic heterocycles. The van der Waals surface area contributed by atoms with E-state index in [1.807, 2.05) is 0 Å². The van der Waals surface area contributed by atoms with Crippen LogP contribution in [0.25, 0.3) is 0 Å². The van der Waals surface area contributed by atoms with Gasteiger partial charge in [-0.15, -0.1) is 0 Å². The van der Waals surface area contributed by atoms with Gasteiger partial charge >= 0.3 is 0 Å². The Morgan fingerprint density at radius 1 is 1.14 bits per heavy atom. The van der Waals surface area contributed by atoms with E-state index in [0.29, 0.717) is 6.54 Å². The van der Waals surface area contributed by atoms with Crippen LogP contribution in [0.3, 0.4) is 0 Å². The fourth-order valence-electron chi connectivity index (χ4n) is 1.89. The summed E-state index contributed by atoms with van der Waals surface area (Å²) in [6.45, 7) is 3.66. The second-order valence-electron chi connectivity index (χ2n) is 4.91. The van der Waals surface area contributed by atoms with Crippen molar-refractivity contribution in [1.29, 1.82) is 0 Å². The first-order chi connectivity index (χ1) is 10.5. The Morgan fingerprint density at radius 3 is 2.36 bits per heavy atom. The first-order valence-electron chi connectivity index (χ1n) is 7.50. The SMILES string of the molecule is CCCCCNC(=NC)NCc1ccc(S(=O)(=O)NC)cc1. The highest BCUT2D eigenvalue weighted by atomic mass is 32.2. The molecule has 6 nitrogen and oxygen atoms in total. The summed E-state index contributed by atoms with van der Waals surface area (Å²) in [7, 11) is -0.239. The summed E-state index contributed by atoms with van der Waals surface area (Å²) in [5, 5.41) is 6.46. The number of rotatable bonds is 8. The summed E-state index contributed by atoms with van der Waals surface area (Å²) in [5.41, 5.74) is 0.992. The van der Waals surface area contributed by atoms with E-state index in [2.05, 4.69) is 27.3 Å². The minimum atomic E-state index is -3.37. The van der Waals surface area contributed by atoms with Crippen LogP contribution >= 0.6 is 0 Å². The third kappa shape index (κ3) is 6.03. The van der Waals surface area contributed by atoms with Crippen LogP contribution in [-0.2, 0) is 16.6 Å². The summed E-state index contributed by atoms with van der Waals surface area (Å²) in [4.78, 5) is 4.42. The van der Waals surface area contributed by atoms with Crippen molar-refractivity contribution in [1.82, 2.24) is 15.4 Å². The van der Waals surface area contributed by atoms with E-state index in [1.165, 1.54) is 19.9 Å². The highest BCUT2D eigenvalue weighted by Gasteiger charge is 2.10. The van der Waals surface area contributed by atoms with E-state index in [9.17, 15) is 8.42 Å². The van der Waals surface area contributed by atoms with Crippen LogP contribution in [0.2, 0.25) is 0 Å². The zero-order valence-electron chi connectivity index (χ0n) is 13.5. The average molecular weight is 326 g/mol. The van der Waals surface area contributed by atoms with Gasteiger partial charge in [0.15, 0.2) is 5.96 Å². The standard InChI is InChI=1S/C15H26N4O2S/c1-4-5-6-11-18-15(16-2)19-12-13-7-9-14(10-8-13)22(20,21)17-3/h7-10,17H,4-6,11-12H2,1-3H3,(H2,16,18,19). The van der Waals surface area contributed by atoms with Crippen molar-refractivity contribution in [3.63, 3.8) is 0 Å². The lowest BCUT2D eigenvalue weighted by Gasteiger charge is -2.12. The lowest BCUT2D eigenvalue weighted by atomic mass is 10.2. The minimum Gasteiger partial charge on any atom is -0.356 e. The maximum Gasteiger partial charge on any atom is 0.240 e. The van der Waals surface area contributed by atoms with Crippen LogP contribution in [-0.4, -0.2) is 35.0 Å². The smallest absolute Gasteiger partial charge is 0.240 e. The van der Waals surface area contributed by atoms with Crippen LogP contribution in [0, 0.1) is 0 Å². The molecule has 1 aromatic carbocycles. The van der Waals surface area contributed by atoms with E-state index in [0.717, 1.165) is 24.5 Å². The lowest BCUT2D eigenvalue weighted by Crippen LogP contribution is -2.37. The van der Waals surface area contributed by atoms with Gasteiger partial charge in [0, 0.05) is 20.1 Å². The molecule has 0 radical (unpaired) electrons. The monoisotopic (exact) mass is 326 g/mol. The molecule has 0 heterocycles. The van der Waals surface area contributed by atoms with Crippen molar-refractivity contribution in [3.05, 3.63) is 29.8 Å². The van der Waals surface area contributed by atoms with Crippen LogP contribution < -0.4 is 15.4 Å². The summed E-state index contributed by atoms with van der Waals surface area (Å²) in [6, 6.07) is 6.78. The summed E-state index contributed by atoms with van der Waals surface area (Å²) in [6.07, 6.45) is 3.51. The van der Waals surface area contributed by atoms with Gasteiger partial charge in [0.05, 0.1) is 4.90 Å². The molecular formula is C15H26N4O2S. The van der Waals surface area contributed by atoms with Gasteiger partial charge in [0.25, 0.3) is 0 Å². The average Bonchev–Trinajstić information content (AvgIpc) is 2.54. The third-order valence-electron chi connectivity index (χ3n) is 3.26. The van der Waals surface area contributed by atoms with Crippen molar-refractivity contribution in [3.8, 4) is 0 Å². The number of sulfonamides is 1. The Bertz CT molecular complexity index is 568. The molecular weight excluding hydrogens is 300 g/mol. The number of benzene rings is 1. The topological polar surface area (TPSA) is 82.6 Å². The van der Waals surface area contributed by atoms with Crippen LogP contribution in [0.15, 0.2) is 34.2 Å². The van der Waals surface area contributed by atoms with Crippen molar-refractivity contribution in [2.75, 3.05) is 20.6 Å².